The SMILES string of the molecule is Cc1nn(C2CCCCC2)c2sc(C(=O)NCC(=O)N3CCC(C)CC3)cc12. The lowest BCUT2D eigenvalue weighted by Crippen LogP contribution is -2.43. The number of piperidine rings is 1. The van der Waals surface area contributed by atoms with E-state index in [1.54, 1.807) is 0 Å². The summed E-state index contributed by atoms with van der Waals surface area (Å²) in [7, 11) is 0. The second kappa shape index (κ2) is 8.23. The van der Waals surface area contributed by atoms with Gasteiger partial charge in [0.1, 0.15) is 4.83 Å². The van der Waals surface area contributed by atoms with Gasteiger partial charge >= 0.3 is 0 Å². The van der Waals surface area contributed by atoms with Gasteiger partial charge in [0, 0.05) is 18.5 Å². The maximum absolute atomic E-state index is 12.6. The fourth-order valence-corrected chi connectivity index (χ4v) is 5.52. The summed E-state index contributed by atoms with van der Waals surface area (Å²) >= 11 is 1.50. The van der Waals surface area contributed by atoms with Crippen LogP contribution in [0.25, 0.3) is 10.2 Å². The summed E-state index contributed by atoms with van der Waals surface area (Å²) in [5.41, 5.74) is 0.981. The van der Waals surface area contributed by atoms with Crippen molar-refractivity contribution in [3.63, 3.8) is 0 Å². The monoisotopic (exact) mass is 402 g/mol. The summed E-state index contributed by atoms with van der Waals surface area (Å²) in [5, 5.41) is 8.64. The lowest BCUT2D eigenvalue weighted by atomic mass is 9.96. The first-order valence-corrected chi connectivity index (χ1v) is 11.4. The molecule has 7 heteroatoms. The third-order valence-corrected chi connectivity index (χ3v) is 7.37. The van der Waals surface area contributed by atoms with Crippen molar-refractivity contribution in [2.45, 2.75) is 64.8 Å². The lowest BCUT2D eigenvalue weighted by Gasteiger charge is -2.30. The number of thiophene rings is 1. The van der Waals surface area contributed by atoms with Crippen molar-refractivity contribution in [3.8, 4) is 0 Å². The van der Waals surface area contributed by atoms with E-state index in [-0.39, 0.29) is 18.4 Å². The van der Waals surface area contributed by atoms with Crippen LogP contribution in [0.15, 0.2) is 6.07 Å². The summed E-state index contributed by atoms with van der Waals surface area (Å²) in [6.07, 6.45) is 8.24. The number of amides is 2. The summed E-state index contributed by atoms with van der Waals surface area (Å²) in [6.45, 7) is 5.91. The van der Waals surface area contributed by atoms with Gasteiger partial charge in [-0.25, -0.2) is 0 Å². The van der Waals surface area contributed by atoms with Crippen LogP contribution in [0.2, 0.25) is 0 Å². The van der Waals surface area contributed by atoms with Gasteiger partial charge in [-0.05, 0) is 44.6 Å². The molecule has 1 saturated carbocycles. The van der Waals surface area contributed by atoms with E-state index in [1.807, 2.05) is 17.9 Å². The fourth-order valence-electron chi connectivity index (χ4n) is 4.37. The van der Waals surface area contributed by atoms with Crippen LogP contribution in [0, 0.1) is 12.8 Å². The second-order valence-electron chi connectivity index (χ2n) is 8.40. The summed E-state index contributed by atoms with van der Waals surface area (Å²) in [5.74, 6) is 0.546. The van der Waals surface area contributed by atoms with Gasteiger partial charge in [0.15, 0.2) is 0 Å². The first-order valence-electron chi connectivity index (χ1n) is 10.6. The molecule has 0 spiro atoms. The molecule has 2 fully saturated rings. The zero-order valence-corrected chi connectivity index (χ0v) is 17.7. The Balaban J connectivity index is 1.42. The first-order chi connectivity index (χ1) is 13.5. The maximum atomic E-state index is 12.6. The largest absolute Gasteiger partial charge is 0.342 e. The van der Waals surface area contributed by atoms with E-state index in [0.29, 0.717) is 16.8 Å². The van der Waals surface area contributed by atoms with Crippen molar-refractivity contribution in [3.05, 3.63) is 16.6 Å². The minimum atomic E-state index is -0.158. The van der Waals surface area contributed by atoms with Crippen molar-refractivity contribution < 1.29 is 9.59 Å². The van der Waals surface area contributed by atoms with Crippen molar-refractivity contribution in [1.29, 1.82) is 0 Å². The molecule has 0 atom stereocenters. The molecule has 3 heterocycles. The molecule has 0 bridgehead atoms. The number of rotatable bonds is 4. The Bertz CT molecular complexity index is 857. The molecule has 2 aromatic heterocycles. The molecular formula is C21H30N4O2S. The van der Waals surface area contributed by atoms with Crippen molar-refractivity contribution in [2.24, 2.45) is 5.92 Å². The van der Waals surface area contributed by atoms with Crippen LogP contribution in [0.4, 0.5) is 0 Å². The number of likely N-dealkylation sites (tertiary alicyclic amines) is 1. The Morgan fingerprint density at radius 1 is 1.18 bits per heavy atom. The average Bonchev–Trinajstić information content (AvgIpc) is 3.28. The second-order valence-corrected chi connectivity index (χ2v) is 9.43. The Labute approximate surface area is 170 Å². The molecule has 152 valence electrons. The molecular weight excluding hydrogens is 372 g/mol. The van der Waals surface area contributed by atoms with Gasteiger partial charge in [0.05, 0.1) is 23.2 Å². The zero-order chi connectivity index (χ0) is 19.7. The Hall–Kier alpha value is -1.89. The van der Waals surface area contributed by atoms with Gasteiger partial charge in [-0.3, -0.25) is 14.3 Å². The van der Waals surface area contributed by atoms with Crippen molar-refractivity contribution in [2.75, 3.05) is 19.6 Å². The molecule has 6 nitrogen and oxygen atoms in total. The number of aromatic nitrogens is 2. The van der Waals surface area contributed by atoms with E-state index >= 15 is 0 Å². The predicted molar refractivity (Wildman–Crippen MR) is 112 cm³/mol. The van der Waals surface area contributed by atoms with Crippen LogP contribution in [-0.4, -0.2) is 46.1 Å². The molecule has 2 amide bonds. The number of hydrogen-bond donors (Lipinski definition) is 1. The number of nitrogens with zero attached hydrogens (tertiary/aromatic N) is 3. The predicted octanol–water partition coefficient (Wildman–Crippen LogP) is 3.90. The van der Waals surface area contributed by atoms with Gasteiger partial charge in [-0.2, -0.15) is 5.10 Å². The number of hydrogen-bond acceptors (Lipinski definition) is 4. The Kier molecular flexibility index (Phi) is 5.71. The lowest BCUT2D eigenvalue weighted by molar-refractivity contribution is -0.131. The highest BCUT2D eigenvalue weighted by atomic mass is 32.1. The third kappa shape index (κ3) is 3.95. The smallest absolute Gasteiger partial charge is 0.261 e. The molecule has 2 aliphatic rings. The van der Waals surface area contributed by atoms with Crippen molar-refractivity contribution in [1.82, 2.24) is 20.0 Å². The number of carbonyl (C=O) groups excluding carboxylic acids is 2. The summed E-state index contributed by atoms with van der Waals surface area (Å²) in [4.78, 5) is 28.7. The maximum Gasteiger partial charge on any atom is 0.261 e. The van der Waals surface area contributed by atoms with Gasteiger partial charge in [-0.15, -0.1) is 11.3 Å². The fraction of sp³-hybridized carbons (Fsp3) is 0.667. The van der Waals surface area contributed by atoms with E-state index < -0.39 is 0 Å². The highest BCUT2D eigenvalue weighted by molar-refractivity contribution is 7.20. The third-order valence-electron chi connectivity index (χ3n) is 6.25. The molecule has 2 aromatic rings. The highest BCUT2D eigenvalue weighted by Gasteiger charge is 2.24. The molecule has 28 heavy (non-hydrogen) atoms. The van der Waals surface area contributed by atoms with E-state index in [9.17, 15) is 9.59 Å². The summed E-state index contributed by atoms with van der Waals surface area (Å²) in [6, 6.07) is 2.38. The van der Waals surface area contributed by atoms with Crippen LogP contribution < -0.4 is 5.32 Å². The number of aryl methyl sites for hydroxylation is 1. The van der Waals surface area contributed by atoms with E-state index in [1.165, 1.54) is 43.4 Å². The van der Waals surface area contributed by atoms with Crippen LogP contribution in [0.5, 0.6) is 0 Å². The zero-order valence-electron chi connectivity index (χ0n) is 16.9. The van der Waals surface area contributed by atoms with Gasteiger partial charge in [0.25, 0.3) is 5.91 Å². The van der Waals surface area contributed by atoms with E-state index in [0.717, 1.165) is 41.8 Å². The molecule has 0 unspecified atom stereocenters. The molecule has 1 aliphatic carbocycles. The molecule has 1 N–H and O–H groups in total. The normalized spacial score (nSPS) is 19.3. The Morgan fingerprint density at radius 2 is 1.89 bits per heavy atom. The number of nitrogens with one attached hydrogen (secondary N) is 1. The topological polar surface area (TPSA) is 67.2 Å². The molecule has 1 saturated heterocycles. The summed E-state index contributed by atoms with van der Waals surface area (Å²) < 4.78 is 2.14. The molecule has 1 aliphatic heterocycles. The van der Waals surface area contributed by atoms with Gasteiger partial charge in [0.2, 0.25) is 5.91 Å². The Morgan fingerprint density at radius 3 is 2.61 bits per heavy atom. The van der Waals surface area contributed by atoms with Crippen LogP contribution in [0.3, 0.4) is 0 Å². The highest BCUT2D eigenvalue weighted by Crippen LogP contribution is 2.35. The van der Waals surface area contributed by atoms with Crippen LogP contribution >= 0.6 is 11.3 Å². The van der Waals surface area contributed by atoms with E-state index in [4.69, 9.17) is 5.10 Å². The quantitative estimate of drug-likeness (QED) is 0.843. The molecule has 0 radical (unpaired) electrons. The van der Waals surface area contributed by atoms with E-state index in [2.05, 4.69) is 16.9 Å². The van der Waals surface area contributed by atoms with Crippen molar-refractivity contribution >= 4 is 33.4 Å². The minimum absolute atomic E-state index is 0.0194. The number of carbonyl (C=O) groups is 2. The first kappa shape index (κ1) is 19.4. The standard InChI is InChI=1S/C21H30N4O2S/c1-14-8-10-24(11-9-14)19(26)13-22-20(27)18-12-17-15(2)23-25(21(17)28-18)16-6-4-3-5-7-16/h12,14,16H,3-11,13H2,1-2H3,(H,22,27). The molecule has 4 rings (SSSR count). The molecule has 0 aromatic carbocycles. The van der Waals surface area contributed by atoms with Crippen LogP contribution in [-0.2, 0) is 4.79 Å². The van der Waals surface area contributed by atoms with Gasteiger partial charge < -0.3 is 10.2 Å². The number of fused-ring (bicyclic) bond motifs is 1. The van der Waals surface area contributed by atoms with Gasteiger partial charge in [-0.1, -0.05) is 26.2 Å². The van der Waals surface area contributed by atoms with Crippen LogP contribution in [0.1, 0.15) is 73.3 Å². The average molecular weight is 403 g/mol. The minimum Gasteiger partial charge on any atom is -0.342 e.